The lowest BCUT2D eigenvalue weighted by molar-refractivity contribution is 0.102. The largest absolute Gasteiger partial charge is 0.306 e. The van der Waals surface area contributed by atoms with Gasteiger partial charge in [-0.1, -0.05) is 35.9 Å². The summed E-state index contributed by atoms with van der Waals surface area (Å²) in [6, 6.07) is 11.0. The maximum Gasteiger partial charge on any atom is 0.259 e. The summed E-state index contributed by atoms with van der Waals surface area (Å²) in [5, 5.41) is 4.66. The number of halogens is 2. The lowest BCUT2D eigenvalue weighted by atomic mass is 10.1. The van der Waals surface area contributed by atoms with Gasteiger partial charge in [0, 0.05) is 21.4 Å². The van der Waals surface area contributed by atoms with Crippen LogP contribution in [0, 0.1) is 3.57 Å². The van der Waals surface area contributed by atoms with Crippen LogP contribution in [0.3, 0.4) is 0 Å². The predicted octanol–water partition coefficient (Wildman–Crippen LogP) is 4.14. The Hall–Kier alpha value is -1.73. The van der Waals surface area contributed by atoms with Crippen molar-refractivity contribution < 1.29 is 4.79 Å². The second-order valence-electron chi connectivity index (χ2n) is 4.32. The van der Waals surface area contributed by atoms with Crippen molar-refractivity contribution in [3.8, 4) is 0 Å². The van der Waals surface area contributed by atoms with Gasteiger partial charge in [-0.3, -0.25) is 4.79 Å². The maximum atomic E-state index is 12.4. The van der Waals surface area contributed by atoms with Gasteiger partial charge in [0.15, 0.2) is 0 Å². The Kier molecular flexibility index (Phi) is 4.03. The van der Waals surface area contributed by atoms with Gasteiger partial charge >= 0.3 is 0 Å². The summed E-state index contributed by atoms with van der Waals surface area (Å²) >= 11 is 8.21. The van der Waals surface area contributed by atoms with Crippen LogP contribution in [-0.2, 0) is 0 Å². The van der Waals surface area contributed by atoms with Gasteiger partial charge in [0.25, 0.3) is 5.91 Å². The molecule has 1 N–H and O–H groups in total. The number of aromatic nitrogens is 2. The number of benzene rings is 1. The van der Waals surface area contributed by atoms with Crippen molar-refractivity contribution in [3.63, 3.8) is 0 Å². The van der Waals surface area contributed by atoms with Crippen molar-refractivity contribution >= 4 is 56.7 Å². The summed E-state index contributed by atoms with van der Waals surface area (Å²) in [6.07, 6.45) is 3.17. The number of rotatable bonds is 2. The Morgan fingerprint density at radius 2 is 1.81 bits per heavy atom. The van der Waals surface area contributed by atoms with Crippen molar-refractivity contribution in [3.05, 3.63) is 63.1 Å². The minimum atomic E-state index is -0.260. The smallest absolute Gasteiger partial charge is 0.259 e. The highest BCUT2D eigenvalue weighted by atomic mass is 127. The summed E-state index contributed by atoms with van der Waals surface area (Å²) in [4.78, 5) is 20.6. The molecule has 0 radical (unpaired) electrons. The molecule has 0 fully saturated rings. The number of pyridine rings is 2. The van der Waals surface area contributed by atoms with Gasteiger partial charge in [0.05, 0.1) is 5.56 Å². The average molecular weight is 410 g/mol. The number of fused-ring (bicyclic) bond motifs is 1. The zero-order chi connectivity index (χ0) is 14.8. The molecule has 0 aliphatic heterocycles. The molecule has 104 valence electrons. The van der Waals surface area contributed by atoms with E-state index in [2.05, 4.69) is 37.9 Å². The highest BCUT2D eigenvalue weighted by Crippen LogP contribution is 2.24. The molecule has 0 bridgehead atoms. The Balaban J connectivity index is 1.98. The average Bonchev–Trinajstić information content (AvgIpc) is 2.50. The third kappa shape index (κ3) is 2.98. The first kappa shape index (κ1) is 14.2. The second kappa shape index (κ2) is 5.95. The molecule has 4 nitrogen and oxygen atoms in total. The van der Waals surface area contributed by atoms with E-state index in [1.165, 1.54) is 6.20 Å². The lowest BCUT2D eigenvalue weighted by Crippen LogP contribution is -2.13. The third-order valence-corrected chi connectivity index (χ3v) is 3.90. The van der Waals surface area contributed by atoms with Gasteiger partial charge in [-0.05, 0) is 40.1 Å². The number of hydrogen-bond acceptors (Lipinski definition) is 3. The quantitative estimate of drug-likeness (QED) is 0.511. The van der Waals surface area contributed by atoms with Crippen LogP contribution < -0.4 is 5.32 Å². The molecule has 1 amide bonds. The van der Waals surface area contributed by atoms with Gasteiger partial charge < -0.3 is 5.32 Å². The molecule has 3 aromatic rings. The van der Waals surface area contributed by atoms with Crippen molar-refractivity contribution in [1.29, 1.82) is 0 Å². The molecule has 0 aliphatic rings. The van der Waals surface area contributed by atoms with Gasteiger partial charge in [0.2, 0.25) is 0 Å². The molecule has 0 atom stereocenters. The Labute approximate surface area is 139 Å². The molecule has 0 spiro atoms. The number of amides is 1. The number of nitrogens with one attached hydrogen (secondary N) is 1. The van der Waals surface area contributed by atoms with Crippen LogP contribution in [0.4, 0.5) is 5.82 Å². The van der Waals surface area contributed by atoms with E-state index in [9.17, 15) is 4.79 Å². The molecule has 0 unspecified atom stereocenters. The standard InChI is InChI=1S/C15H9ClIN3O/c16-14-11-4-2-1-3-10(11)12(8-19-14)15(21)20-13-6-5-9(17)7-18-13/h1-8H,(H,18,20,21). The third-order valence-electron chi connectivity index (χ3n) is 2.96. The number of anilines is 1. The Morgan fingerprint density at radius 3 is 2.52 bits per heavy atom. The van der Waals surface area contributed by atoms with E-state index >= 15 is 0 Å². The normalized spacial score (nSPS) is 10.6. The highest BCUT2D eigenvalue weighted by Gasteiger charge is 2.13. The Morgan fingerprint density at radius 1 is 1.05 bits per heavy atom. The molecular weight excluding hydrogens is 401 g/mol. The molecule has 1 aromatic carbocycles. The summed E-state index contributed by atoms with van der Waals surface area (Å²) in [7, 11) is 0. The van der Waals surface area contributed by atoms with E-state index in [0.29, 0.717) is 16.5 Å². The Bertz CT molecular complexity index is 821. The summed E-state index contributed by atoms with van der Waals surface area (Å²) in [6.45, 7) is 0. The van der Waals surface area contributed by atoms with Crippen molar-refractivity contribution in [1.82, 2.24) is 9.97 Å². The molecule has 6 heteroatoms. The van der Waals surface area contributed by atoms with Crippen LogP contribution >= 0.6 is 34.2 Å². The molecule has 2 aromatic heterocycles. The van der Waals surface area contributed by atoms with Crippen LogP contribution in [0.2, 0.25) is 5.15 Å². The molecule has 0 saturated carbocycles. The fourth-order valence-corrected chi connectivity index (χ4v) is 2.51. The van der Waals surface area contributed by atoms with E-state index in [4.69, 9.17) is 11.6 Å². The predicted molar refractivity (Wildman–Crippen MR) is 91.7 cm³/mol. The summed E-state index contributed by atoms with van der Waals surface area (Å²) in [5.74, 6) is 0.239. The summed E-state index contributed by atoms with van der Waals surface area (Å²) < 4.78 is 1.00. The van der Waals surface area contributed by atoms with Gasteiger partial charge in [-0.2, -0.15) is 0 Å². The lowest BCUT2D eigenvalue weighted by Gasteiger charge is -2.08. The van der Waals surface area contributed by atoms with E-state index in [1.807, 2.05) is 30.3 Å². The molecule has 2 heterocycles. The minimum absolute atomic E-state index is 0.260. The number of carbonyl (C=O) groups is 1. The molecular formula is C15H9ClIN3O. The fourth-order valence-electron chi connectivity index (χ4n) is 1.97. The van der Waals surface area contributed by atoms with Crippen LogP contribution in [0.1, 0.15) is 10.4 Å². The van der Waals surface area contributed by atoms with Gasteiger partial charge in [-0.15, -0.1) is 0 Å². The fraction of sp³-hybridized carbons (Fsp3) is 0. The van der Waals surface area contributed by atoms with Gasteiger partial charge in [-0.25, -0.2) is 9.97 Å². The topological polar surface area (TPSA) is 54.9 Å². The van der Waals surface area contributed by atoms with Crippen molar-refractivity contribution in [2.24, 2.45) is 0 Å². The van der Waals surface area contributed by atoms with Crippen LogP contribution in [0.15, 0.2) is 48.8 Å². The molecule has 21 heavy (non-hydrogen) atoms. The number of carbonyl (C=O) groups excluding carboxylic acids is 1. The zero-order valence-corrected chi connectivity index (χ0v) is 13.6. The SMILES string of the molecule is O=C(Nc1ccc(I)cn1)c1cnc(Cl)c2ccccc12. The van der Waals surface area contributed by atoms with E-state index < -0.39 is 0 Å². The maximum absolute atomic E-state index is 12.4. The number of hydrogen-bond donors (Lipinski definition) is 1. The molecule has 3 rings (SSSR count). The number of nitrogens with zero attached hydrogens (tertiary/aromatic N) is 2. The zero-order valence-electron chi connectivity index (χ0n) is 10.7. The van der Waals surface area contributed by atoms with Gasteiger partial charge in [0.1, 0.15) is 11.0 Å². The molecule has 0 aliphatic carbocycles. The van der Waals surface area contributed by atoms with E-state index in [0.717, 1.165) is 14.3 Å². The first-order valence-electron chi connectivity index (χ1n) is 6.11. The monoisotopic (exact) mass is 409 g/mol. The summed E-state index contributed by atoms with van der Waals surface area (Å²) in [5.41, 5.74) is 0.468. The first-order valence-corrected chi connectivity index (χ1v) is 7.57. The van der Waals surface area contributed by atoms with Crippen LogP contribution in [-0.4, -0.2) is 15.9 Å². The van der Waals surface area contributed by atoms with Crippen molar-refractivity contribution in [2.45, 2.75) is 0 Å². The van der Waals surface area contributed by atoms with Crippen LogP contribution in [0.25, 0.3) is 10.8 Å². The minimum Gasteiger partial charge on any atom is -0.306 e. The first-order chi connectivity index (χ1) is 10.1. The second-order valence-corrected chi connectivity index (χ2v) is 5.93. The van der Waals surface area contributed by atoms with E-state index in [1.54, 1.807) is 12.3 Å². The molecule has 0 saturated heterocycles. The van der Waals surface area contributed by atoms with Crippen LogP contribution in [0.5, 0.6) is 0 Å². The van der Waals surface area contributed by atoms with Crippen molar-refractivity contribution in [2.75, 3.05) is 5.32 Å². The highest BCUT2D eigenvalue weighted by molar-refractivity contribution is 14.1. The van der Waals surface area contributed by atoms with E-state index in [-0.39, 0.29) is 5.91 Å².